The molecule has 0 rings (SSSR count). The second kappa shape index (κ2) is 5.33. The summed E-state index contributed by atoms with van der Waals surface area (Å²) >= 11 is 0. The summed E-state index contributed by atoms with van der Waals surface area (Å²) in [4.78, 5) is 0. The minimum Gasteiger partial charge on any atom is -0.392 e. The molecule has 1 N–H and O–H groups in total. The summed E-state index contributed by atoms with van der Waals surface area (Å²) in [7, 11) is 1.72. The summed E-state index contributed by atoms with van der Waals surface area (Å²) < 4.78 is 5.33. The topological polar surface area (TPSA) is 29.5 Å². The van der Waals surface area contributed by atoms with Gasteiger partial charge in [0.25, 0.3) is 0 Å². The minimum absolute atomic E-state index is 0.00618. The molecule has 12 heavy (non-hydrogen) atoms. The van der Waals surface area contributed by atoms with E-state index in [1.807, 2.05) is 6.08 Å². The molecule has 0 aliphatic heterocycles. The Morgan fingerprint density at radius 3 is 2.42 bits per heavy atom. The van der Waals surface area contributed by atoms with Gasteiger partial charge in [0.05, 0.1) is 12.7 Å². The van der Waals surface area contributed by atoms with Crippen LogP contribution in [-0.2, 0) is 4.74 Å². The van der Waals surface area contributed by atoms with E-state index in [9.17, 15) is 0 Å². The Bertz CT molecular complexity index is 135. The highest BCUT2D eigenvalue weighted by atomic mass is 16.5. The summed E-state index contributed by atoms with van der Waals surface area (Å²) in [6, 6.07) is 0. The van der Waals surface area contributed by atoms with Crippen molar-refractivity contribution in [3.8, 4) is 0 Å². The van der Waals surface area contributed by atoms with Gasteiger partial charge in [-0.2, -0.15) is 0 Å². The number of hydrogen-bond acceptors (Lipinski definition) is 2. The summed E-state index contributed by atoms with van der Waals surface area (Å²) in [5.41, 5.74) is 0.00618. The second-order valence-corrected chi connectivity index (χ2v) is 3.54. The number of rotatable bonds is 5. The van der Waals surface area contributed by atoms with Crippen LogP contribution in [0.5, 0.6) is 0 Å². The van der Waals surface area contributed by atoms with E-state index in [1.54, 1.807) is 13.2 Å². The third kappa shape index (κ3) is 3.37. The first-order valence-corrected chi connectivity index (χ1v) is 4.39. The zero-order valence-electron chi connectivity index (χ0n) is 8.50. The standard InChI is InChI=1S/C10H20O2/c1-5-9(12-4)10(2,3)7-6-8-11/h6-7,9,11H,5,8H2,1-4H3. The Morgan fingerprint density at radius 1 is 1.50 bits per heavy atom. The molecule has 1 unspecified atom stereocenters. The van der Waals surface area contributed by atoms with Crippen LogP contribution in [0.25, 0.3) is 0 Å². The van der Waals surface area contributed by atoms with Crippen LogP contribution in [-0.4, -0.2) is 24.9 Å². The van der Waals surface area contributed by atoms with Gasteiger partial charge in [0, 0.05) is 12.5 Å². The van der Waals surface area contributed by atoms with Crippen molar-refractivity contribution in [1.82, 2.24) is 0 Å². The lowest BCUT2D eigenvalue weighted by Gasteiger charge is -2.29. The Hall–Kier alpha value is -0.340. The van der Waals surface area contributed by atoms with Crippen molar-refractivity contribution >= 4 is 0 Å². The lowest BCUT2D eigenvalue weighted by atomic mass is 9.84. The molecule has 2 heteroatoms. The molecule has 0 saturated heterocycles. The molecule has 0 bridgehead atoms. The van der Waals surface area contributed by atoms with Gasteiger partial charge >= 0.3 is 0 Å². The molecule has 1 atom stereocenters. The highest BCUT2D eigenvalue weighted by Gasteiger charge is 2.24. The van der Waals surface area contributed by atoms with Gasteiger partial charge in [0.1, 0.15) is 0 Å². The predicted octanol–water partition coefficient (Wildman–Crippen LogP) is 1.99. The van der Waals surface area contributed by atoms with Crippen LogP contribution in [0.4, 0.5) is 0 Å². The molecule has 0 aliphatic rings. The first kappa shape index (κ1) is 11.7. The second-order valence-electron chi connectivity index (χ2n) is 3.54. The van der Waals surface area contributed by atoms with Crippen LogP contribution in [0, 0.1) is 5.41 Å². The molecule has 72 valence electrons. The molecule has 0 radical (unpaired) electrons. The van der Waals surface area contributed by atoms with Crippen LogP contribution < -0.4 is 0 Å². The summed E-state index contributed by atoms with van der Waals surface area (Å²) in [6.45, 7) is 6.42. The summed E-state index contributed by atoms with van der Waals surface area (Å²) in [6.07, 6.45) is 4.98. The monoisotopic (exact) mass is 172 g/mol. The maximum Gasteiger partial charge on any atom is 0.0654 e. The smallest absolute Gasteiger partial charge is 0.0654 e. The number of methoxy groups -OCH3 is 1. The van der Waals surface area contributed by atoms with E-state index in [1.165, 1.54) is 0 Å². The zero-order valence-corrected chi connectivity index (χ0v) is 8.50. The van der Waals surface area contributed by atoms with Crippen LogP contribution in [0.3, 0.4) is 0 Å². The molecule has 0 aromatic heterocycles. The largest absolute Gasteiger partial charge is 0.392 e. The summed E-state index contributed by atoms with van der Waals surface area (Å²) in [5, 5.41) is 8.63. The summed E-state index contributed by atoms with van der Waals surface area (Å²) in [5.74, 6) is 0. The quantitative estimate of drug-likeness (QED) is 0.643. The first-order valence-electron chi connectivity index (χ1n) is 4.39. The number of aliphatic hydroxyl groups is 1. The van der Waals surface area contributed by atoms with Gasteiger partial charge in [-0.3, -0.25) is 0 Å². The third-order valence-electron chi connectivity index (χ3n) is 2.14. The average Bonchev–Trinajstić information content (AvgIpc) is 2.03. The Morgan fingerprint density at radius 2 is 2.08 bits per heavy atom. The number of ether oxygens (including phenoxy) is 1. The van der Waals surface area contributed by atoms with E-state index in [4.69, 9.17) is 9.84 Å². The normalized spacial score (nSPS) is 15.4. The number of aliphatic hydroxyl groups excluding tert-OH is 1. The lowest BCUT2D eigenvalue weighted by molar-refractivity contribution is 0.0285. The predicted molar refractivity (Wildman–Crippen MR) is 51.1 cm³/mol. The number of hydrogen-bond donors (Lipinski definition) is 1. The molecule has 0 aromatic carbocycles. The van der Waals surface area contributed by atoms with E-state index in [0.717, 1.165) is 6.42 Å². The van der Waals surface area contributed by atoms with E-state index in [-0.39, 0.29) is 18.1 Å². The van der Waals surface area contributed by atoms with Crippen LogP contribution in [0.2, 0.25) is 0 Å². The van der Waals surface area contributed by atoms with Gasteiger partial charge in [-0.15, -0.1) is 0 Å². The SMILES string of the molecule is CCC(OC)C(C)(C)C=CCO. The minimum atomic E-state index is 0.00618. The molecule has 0 spiro atoms. The van der Waals surface area contributed by atoms with E-state index < -0.39 is 0 Å². The average molecular weight is 172 g/mol. The van der Waals surface area contributed by atoms with Gasteiger partial charge in [-0.1, -0.05) is 32.9 Å². The highest BCUT2D eigenvalue weighted by molar-refractivity contribution is 4.98. The van der Waals surface area contributed by atoms with Crippen molar-refractivity contribution in [1.29, 1.82) is 0 Å². The van der Waals surface area contributed by atoms with E-state index >= 15 is 0 Å². The van der Waals surface area contributed by atoms with Gasteiger partial charge in [-0.25, -0.2) is 0 Å². The fraction of sp³-hybridized carbons (Fsp3) is 0.800. The maximum absolute atomic E-state index is 8.63. The van der Waals surface area contributed by atoms with Gasteiger partial charge in [0.2, 0.25) is 0 Å². The Kier molecular flexibility index (Phi) is 5.18. The molecular formula is C10H20O2. The van der Waals surface area contributed by atoms with Crippen molar-refractivity contribution in [2.24, 2.45) is 5.41 Å². The van der Waals surface area contributed by atoms with Crippen molar-refractivity contribution in [2.45, 2.75) is 33.3 Å². The van der Waals surface area contributed by atoms with Crippen molar-refractivity contribution in [3.05, 3.63) is 12.2 Å². The van der Waals surface area contributed by atoms with E-state index in [2.05, 4.69) is 20.8 Å². The highest BCUT2D eigenvalue weighted by Crippen LogP contribution is 2.26. The van der Waals surface area contributed by atoms with E-state index in [0.29, 0.717) is 0 Å². The molecule has 0 aromatic rings. The van der Waals surface area contributed by atoms with Crippen LogP contribution in [0.15, 0.2) is 12.2 Å². The Balaban J connectivity index is 4.24. The van der Waals surface area contributed by atoms with Crippen LogP contribution >= 0.6 is 0 Å². The van der Waals surface area contributed by atoms with Gasteiger partial charge in [-0.05, 0) is 6.42 Å². The van der Waals surface area contributed by atoms with Crippen molar-refractivity contribution < 1.29 is 9.84 Å². The molecule has 0 saturated carbocycles. The fourth-order valence-corrected chi connectivity index (χ4v) is 1.46. The van der Waals surface area contributed by atoms with Gasteiger partial charge in [0.15, 0.2) is 0 Å². The lowest BCUT2D eigenvalue weighted by Crippen LogP contribution is -2.28. The molecular weight excluding hydrogens is 152 g/mol. The first-order chi connectivity index (χ1) is 5.58. The molecule has 0 amide bonds. The molecule has 0 aliphatic carbocycles. The Labute approximate surface area is 75.2 Å². The van der Waals surface area contributed by atoms with Gasteiger partial charge < -0.3 is 9.84 Å². The van der Waals surface area contributed by atoms with Crippen LogP contribution in [0.1, 0.15) is 27.2 Å². The fourth-order valence-electron chi connectivity index (χ4n) is 1.46. The van der Waals surface area contributed by atoms with Crippen molar-refractivity contribution in [3.63, 3.8) is 0 Å². The molecule has 0 heterocycles. The maximum atomic E-state index is 8.63. The van der Waals surface area contributed by atoms with Crippen molar-refractivity contribution in [2.75, 3.05) is 13.7 Å². The molecule has 2 nitrogen and oxygen atoms in total. The zero-order chi connectivity index (χ0) is 9.61. The molecule has 0 fully saturated rings. The third-order valence-corrected chi connectivity index (χ3v) is 2.14.